The smallest absolute Gasteiger partial charge is 0.309 e. The lowest BCUT2D eigenvalue weighted by atomic mass is 9.67. The minimum Gasteiger partial charge on any atom is -0.497 e. The number of imide groups is 1. The highest BCUT2D eigenvalue weighted by atomic mass is 16.6. The Morgan fingerprint density at radius 3 is 2.02 bits per heavy atom. The van der Waals surface area contributed by atoms with Gasteiger partial charge in [0.1, 0.15) is 17.4 Å². The Morgan fingerprint density at radius 2 is 1.49 bits per heavy atom. The Bertz CT molecular complexity index is 1670. The molecule has 4 amide bonds. The Hall–Kier alpha value is -4.73. The third-order valence-electron chi connectivity index (χ3n) is 9.67. The highest BCUT2D eigenvalue weighted by molar-refractivity contribution is 6.23. The van der Waals surface area contributed by atoms with Gasteiger partial charge >= 0.3 is 5.97 Å². The molecule has 10 heteroatoms. The van der Waals surface area contributed by atoms with E-state index in [1.54, 1.807) is 40.0 Å². The Kier molecular flexibility index (Phi) is 10.7. The number of likely N-dealkylation sites (N-methyl/N-ethyl adjacent to an activating group) is 1. The van der Waals surface area contributed by atoms with Gasteiger partial charge in [0, 0.05) is 20.0 Å². The van der Waals surface area contributed by atoms with E-state index in [1.807, 2.05) is 48.5 Å². The number of carbonyl (C=O) groups excluding carboxylic acids is 5. The van der Waals surface area contributed by atoms with E-state index in [4.69, 9.17) is 9.47 Å². The number of fused-ring (bicyclic) bond motifs is 2. The molecular weight excluding hydrogens is 622 g/mol. The van der Waals surface area contributed by atoms with Gasteiger partial charge in [-0.1, -0.05) is 55.7 Å². The van der Waals surface area contributed by atoms with E-state index in [2.05, 4.69) is 10.6 Å². The van der Waals surface area contributed by atoms with Crippen LogP contribution in [-0.2, 0) is 25.5 Å². The number of hydrogen-bond acceptors (Lipinski definition) is 7. The predicted octanol–water partition coefficient (Wildman–Crippen LogP) is 5.61. The largest absolute Gasteiger partial charge is 0.497 e. The predicted molar refractivity (Wildman–Crippen MR) is 186 cm³/mol. The van der Waals surface area contributed by atoms with E-state index in [0.717, 1.165) is 35.6 Å². The number of amides is 4. The van der Waals surface area contributed by atoms with Crippen molar-refractivity contribution in [3.05, 3.63) is 77.4 Å². The van der Waals surface area contributed by atoms with Gasteiger partial charge in [-0.3, -0.25) is 28.9 Å². The van der Waals surface area contributed by atoms with Crippen molar-refractivity contribution in [1.82, 2.24) is 15.5 Å². The fourth-order valence-corrected chi connectivity index (χ4v) is 7.07. The standard InChI is InChI=1S/C39H47N3O7/c1-38(2,3)49-36(46)28(17-20-42-34(44)30-22-26-11-7-8-12-27(26)23-31(30)35(42)45)24-39(18-9-6-10-19-39)37(47)41-32(33(43)40-4)21-25-13-15-29(48-5)16-14-25/h7-8,11-16,22-23,28,32H,6,9-10,17-21,24H2,1-5H3,(H,40,43)(H,41,47). The molecule has 1 aliphatic carbocycles. The van der Waals surface area contributed by atoms with Gasteiger partial charge in [-0.25, -0.2) is 0 Å². The highest BCUT2D eigenvalue weighted by Crippen LogP contribution is 2.43. The topological polar surface area (TPSA) is 131 Å². The first-order valence-electron chi connectivity index (χ1n) is 17.1. The van der Waals surface area contributed by atoms with Crippen LogP contribution in [0.1, 0.15) is 92.0 Å². The molecule has 3 aromatic rings. The van der Waals surface area contributed by atoms with Gasteiger partial charge in [0.05, 0.1) is 29.6 Å². The molecule has 0 aromatic heterocycles. The van der Waals surface area contributed by atoms with E-state index >= 15 is 0 Å². The second kappa shape index (κ2) is 14.8. The number of nitrogens with zero attached hydrogens (tertiary/aromatic N) is 1. The third-order valence-corrected chi connectivity index (χ3v) is 9.67. The quantitative estimate of drug-likeness (QED) is 0.190. The van der Waals surface area contributed by atoms with Crippen LogP contribution in [0.15, 0.2) is 60.7 Å². The number of nitrogens with one attached hydrogen (secondary N) is 2. The minimum absolute atomic E-state index is 0.00261. The lowest BCUT2D eigenvalue weighted by Crippen LogP contribution is -2.53. The second-order valence-electron chi connectivity index (χ2n) is 14.3. The third kappa shape index (κ3) is 8.12. The number of hydrogen-bond donors (Lipinski definition) is 2. The van der Waals surface area contributed by atoms with Crippen molar-refractivity contribution in [2.45, 2.75) is 83.8 Å². The fraction of sp³-hybridized carbons (Fsp3) is 0.462. The zero-order valence-corrected chi connectivity index (χ0v) is 29.1. The minimum atomic E-state index is -0.939. The molecule has 5 rings (SSSR count). The summed E-state index contributed by atoms with van der Waals surface area (Å²) in [7, 11) is 3.12. The fourth-order valence-electron chi connectivity index (χ4n) is 7.07. The summed E-state index contributed by atoms with van der Waals surface area (Å²) in [6, 6.07) is 17.5. The molecule has 10 nitrogen and oxygen atoms in total. The van der Waals surface area contributed by atoms with Gasteiger partial charge in [-0.05, 0) is 87.1 Å². The molecule has 2 unspecified atom stereocenters. The average Bonchev–Trinajstić information content (AvgIpc) is 3.32. The first kappa shape index (κ1) is 35.6. The molecule has 2 atom stereocenters. The number of carbonyl (C=O) groups is 5. The summed E-state index contributed by atoms with van der Waals surface area (Å²) in [5.41, 5.74) is -0.176. The van der Waals surface area contributed by atoms with Crippen LogP contribution >= 0.6 is 0 Å². The van der Waals surface area contributed by atoms with E-state index in [-0.39, 0.29) is 37.6 Å². The van der Waals surface area contributed by atoms with Crippen LogP contribution in [0.25, 0.3) is 10.8 Å². The molecule has 1 aliphatic heterocycles. The Morgan fingerprint density at radius 1 is 0.898 bits per heavy atom. The number of rotatable bonds is 12. The summed E-state index contributed by atoms with van der Waals surface area (Å²) in [6.07, 6.45) is 4.22. The molecule has 260 valence electrons. The van der Waals surface area contributed by atoms with Gasteiger partial charge in [0.25, 0.3) is 11.8 Å². The number of benzene rings is 3. The molecule has 0 saturated heterocycles. The van der Waals surface area contributed by atoms with Crippen molar-refractivity contribution < 1.29 is 33.4 Å². The molecule has 3 aromatic carbocycles. The summed E-state index contributed by atoms with van der Waals surface area (Å²) < 4.78 is 11.1. The molecule has 2 N–H and O–H groups in total. The van der Waals surface area contributed by atoms with Crippen LogP contribution in [0, 0.1) is 11.3 Å². The molecule has 1 fully saturated rings. The van der Waals surface area contributed by atoms with Gasteiger partial charge in [-0.15, -0.1) is 0 Å². The molecule has 2 aliphatic rings. The van der Waals surface area contributed by atoms with Gasteiger partial charge in [0.15, 0.2) is 0 Å². The Labute approximate surface area is 287 Å². The molecule has 0 bridgehead atoms. The van der Waals surface area contributed by atoms with E-state index in [9.17, 15) is 24.0 Å². The van der Waals surface area contributed by atoms with Crippen molar-refractivity contribution in [2.24, 2.45) is 11.3 Å². The van der Waals surface area contributed by atoms with Crippen LogP contribution in [0.5, 0.6) is 5.75 Å². The van der Waals surface area contributed by atoms with E-state index < -0.39 is 40.8 Å². The maximum atomic E-state index is 14.3. The molecule has 0 radical (unpaired) electrons. The molecular formula is C39H47N3O7. The molecule has 1 heterocycles. The highest BCUT2D eigenvalue weighted by Gasteiger charge is 2.45. The second-order valence-corrected chi connectivity index (χ2v) is 14.3. The van der Waals surface area contributed by atoms with Crippen LogP contribution in [0.2, 0.25) is 0 Å². The average molecular weight is 670 g/mol. The van der Waals surface area contributed by atoms with E-state index in [0.29, 0.717) is 29.7 Å². The van der Waals surface area contributed by atoms with Crippen molar-refractivity contribution in [3.63, 3.8) is 0 Å². The summed E-state index contributed by atoms with van der Waals surface area (Å²) in [5.74, 6) is -1.96. The van der Waals surface area contributed by atoms with Crippen molar-refractivity contribution in [2.75, 3.05) is 20.7 Å². The van der Waals surface area contributed by atoms with Crippen molar-refractivity contribution >= 4 is 40.4 Å². The zero-order chi connectivity index (χ0) is 35.3. The van der Waals surface area contributed by atoms with Crippen LogP contribution in [0.4, 0.5) is 0 Å². The monoisotopic (exact) mass is 669 g/mol. The summed E-state index contributed by atoms with van der Waals surface area (Å²) in [4.78, 5) is 69.4. The first-order chi connectivity index (χ1) is 23.3. The SMILES string of the molecule is CNC(=O)C(Cc1ccc(OC)cc1)NC(=O)C1(CC(CCN2C(=O)c3cc4ccccc4cc3C2=O)C(=O)OC(C)(C)C)CCCCC1. The molecule has 49 heavy (non-hydrogen) atoms. The van der Waals surface area contributed by atoms with Gasteiger partial charge < -0.3 is 20.1 Å². The van der Waals surface area contributed by atoms with Crippen LogP contribution in [0.3, 0.4) is 0 Å². The van der Waals surface area contributed by atoms with Crippen molar-refractivity contribution in [3.8, 4) is 5.75 Å². The van der Waals surface area contributed by atoms with E-state index in [1.165, 1.54) is 11.9 Å². The maximum absolute atomic E-state index is 14.3. The summed E-state index contributed by atoms with van der Waals surface area (Å²) in [5, 5.41) is 7.43. The lowest BCUT2D eigenvalue weighted by Gasteiger charge is -2.39. The first-order valence-corrected chi connectivity index (χ1v) is 17.1. The lowest BCUT2D eigenvalue weighted by molar-refractivity contribution is -0.162. The van der Waals surface area contributed by atoms with Gasteiger partial charge in [0.2, 0.25) is 11.8 Å². The summed E-state index contributed by atoms with van der Waals surface area (Å²) in [6.45, 7) is 5.36. The number of methoxy groups -OCH3 is 1. The van der Waals surface area contributed by atoms with Gasteiger partial charge in [-0.2, -0.15) is 0 Å². The number of esters is 1. The maximum Gasteiger partial charge on any atom is 0.309 e. The van der Waals surface area contributed by atoms with Crippen LogP contribution in [-0.4, -0.2) is 66.8 Å². The van der Waals surface area contributed by atoms with Crippen LogP contribution < -0.4 is 15.4 Å². The number of ether oxygens (including phenoxy) is 2. The molecule has 1 saturated carbocycles. The summed E-state index contributed by atoms with van der Waals surface area (Å²) >= 11 is 0. The molecule has 0 spiro atoms. The van der Waals surface area contributed by atoms with Crippen molar-refractivity contribution in [1.29, 1.82) is 0 Å². The Balaban J connectivity index is 1.38. The zero-order valence-electron chi connectivity index (χ0n) is 29.1. The normalized spacial score (nSPS) is 16.9.